The first-order valence-corrected chi connectivity index (χ1v) is 6.57. The third-order valence-electron chi connectivity index (χ3n) is 2.26. The average Bonchev–Trinajstić information content (AvgIpc) is 2.38. The lowest BCUT2D eigenvalue weighted by atomic mass is 10.3. The Hall–Kier alpha value is -2.16. The van der Waals surface area contributed by atoms with E-state index >= 15 is 0 Å². The van der Waals surface area contributed by atoms with Gasteiger partial charge in [0.2, 0.25) is 0 Å². The fourth-order valence-electron chi connectivity index (χ4n) is 1.33. The van der Waals surface area contributed by atoms with Gasteiger partial charge < -0.3 is 0 Å². The number of halogens is 4. The van der Waals surface area contributed by atoms with Crippen LogP contribution in [0.25, 0.3) is 0 Å². The Labute approximate surface area is 111 Å². The van der Waals surface area contributed by atoms with E-state index in [1.807, 2.05) is 0 Å². The molecule has 4 nitrogen and oxygen atoms in total. The van der Waals surface area contributed by atoms with Crippen molar-refractivity contribution in [1.29, 1.82) is 0 Å². The van der Waals surface area contributed by atoms with Crippen LogP contribution >= 0.6 is 0 Å². The highest BCUT2D eigenvalue weighted by molar-refractivity contribution is 7.92. The Morgan fingerprint density at radius 1 is 1.00 bits per heavy atom. The van der Waals surface area contributed by atoms with E-state index in [9.17, 15) is 26.0 Å². The summed E-state index contributed by atoms with van der Waals surface area (Å²) in [4.78, 5) is 2.53. The van der Waals surface area contributed by atoms with Crippen molar-refractivity contribution in [2.24, 2.45) is 0 Å². The number of pyridine rings is 1. The topological polar surface area (TPSA) is 59.1 Å². The molecule has 0 fully saturated rings. The summed E-state index contributed by atoms with van der Waals surface area (Å²) in [7, 11) is -4.50. The quantitative estimate of drug-likeness (QED) is 0.700. The van der Waals surface area contributed by atoms with Gasteiger partial charge in [0.1, 0.15) is 0 Å². The number of rotatable bonds is 3. The molecule has 106 valence electrons. The summed E-state index contributed by atoms with van der Waals surface area (Å²) < 4.78 is 77.3. The van der Waals surface area contributed by atoms with Crippen LogP contribution in [-0.2, 0) is 10.0 Å². The van der Waals surface area contributed by atoms with Crippen LogP contribution in [-0.4, -0.2) is 13.4 Å². The number of sulfonamides is 1. The lowest BCUT2D eigenvalue weighted by molar-refractivity contribution is 0.442. The smallest absolute Gasteiger partial charge is 0.261 e. The maximum atomic E-state index is 13.3. The molecule has 1 aromatic carbocycles. The van der Waals surface area contributed by atoms with E-state index in [0.29, 0.717) is 0 Å². The van der Waals surface area contributed by atoms with Gasteiger partial charge in [0.05, 0.1) is 4.90 Å². The van der Waals surface area contributed by atoms with Crippen LogP contribution in [0.3, 0.4) is 0 Å². The van der Waals surface area contributed by atoms with Crippen molar-refractivity contribution < 1.29 is 26.0 Å². The summed E-state index contributed by atoms with van der Waals surface area (Å²) >= 11 is 0. The minimum absolute atomic E-state index is 0.279. The molecule has 0 saturated heterocycles. The Morgan fingerprint density at radius 2 is 1.60 bits per heavy atom. The lowest BCUT2D eigenvalue weighted by Gasteiger charge is -2.08. The Bertz CT molecular complexity index is 742. The van der Waals surface area contributed by atoms with Crippen molar-refractivity contribution in [1.82, 2.24) is 4.98 Å². The maximum absolute atomic E-state index is 13.3. The van der Waals surface area contributed by atoms with E-state index in [0.717, 1.165) is 12.3 Å². The molecule has 0 bridgehead atoms. The van der Waals surface area contributed by atoms with Gasteiger partial charge >= 0.3 is 0 Å². The zero-order valence-corrected chi connectivity index (χ0v) is 10.4. The number of nitrogens with one attached hydrogen (secondary N) is 1. The molecule has 0 aliphatic rings. The molecule has 1 aromatic heterocycles. The number of aromatic nitrogens is 1. The molecule has 0 aliphatic carbocycles. The standard InChI is InChI=1S/C11H6F4N2O2S/c12-7-2-1-3-16-11(7)17-20(18,19)6-4-8(13)10(15)9(14)5-6/h1-5H,(H,16,17). The first-order chi connectivity index (χ1) is 9.31. The number of nitrogens with zero attached hydrogens (tertiary/aromatic N) is 1. The highest BCUT2D eigenvalue weighted by Crippen LogP contribution is 2.20. The SMILES string of the molecule is O=S(=O)(Nc1ncccc1F)c1cc(F)c(F)c(F)c1. The van der Waals surface area contributed by atoms with Crippen LogP contribution in [0.15, 0.2) is 35.4 Å². The molecule has 0 spiro atoms. The molecule has 2 aromatic rings. The molecule has 0 amide bonds. The number of hydrogen-bond acceptors (Lipinski definition) is 3. The minimum Gasteiger partial charge on any atom is -0.261 e. The van der Waals surface area contributed by atoms with Crippen LogP contribution in [0.5, 0.6) is 0 Å². The summed E-state index contributed by atoms with van der Waals surface area (Å²) in [6.07, 6.45) is 1.12. The molecule has 9 heteroatoms. The summed E-state index contributed by atoms with van der Waals surface area (Å²) in [5, 5.41) is 0. The second-order valence-corrected chi connectivity index (χ2v) is 5.32. The van der Waals surface area contributed by atoms with Gasteiger partial charge in [0.25, 0.3) is 10.0 Å². The van der Waals surface area contributed by atoms with Gasteiger partial charge in [-0.2, -0.15) is 0 Å². The summed E-state index contributed by atoms with van der Waals surface area (Å²) in [5.41, 5.74) is 0. The first-order valence-electron chi connectivity index (χ1n) is 5.09. The molecular weight excluding hydrogens is 300 g/mol. The molecular formula is C11H6F4N2O2S. The summed E-state index contributed by atoms with van der Waals surface area (Å²) in [6, 6.07) is 2.73. The van der Waals surface area contributed by atoms with Crippen molar-refractivity contribution in [2.75, 3.05) is 4.72 Å². The van der Waals surface area contributed by atoms with E-state index in [1.165, 1.54) is 6.07 Å². The van der Waals surface area contributed by atoms with E-state index in [-0.39, 0.29) is 12.1 Å². The number of benzene rings is 1. The van der Waals surface area contributed by atoms with E-state index in [1.54, 1.807) is 4.72 Å². The zero-order chi connectivity index (χ0) is 14.9. The third kappa shape index (κ3) is 2.72. The van der Waals surface area contributed by atoms with Crippen molar-refractivity contribution in [3.8, 4) is 0 Å². The van der Waals surface area contributed by atoms with E-state index in [4.69, 9.17) is 0 Å². The van der Waals surface area contributed by atoms with Crippen LogP contribution in [0, 0.1) is 23.3 Å². The Balaban J connectivity index is 2.44. The Morgan fingerprint density at radius 3 is 2.15 bits per heavy atom. The van der Waals surface area contributed by atoms with Gasteiger partial charge in [-0.15, -0.1) is 0 Å². The van der Waals surface area contributed by atoms with Gasteiger partial charge in [0, 0.05) is 6.20 Å². The first kappa shape index (κ1) is 14.3. The van der Waals surface area contributed by atoms with Gasteiger partial charge in [-0.05, 0) is 24.3 Å². The highest BCUT2D eigenvalue weighted by atomic mass is 32.2. The maximum Gasteiger partial charge on any atom is 0.263 e. The molecule has 0 unspecified atom stereocenters. The van der Waals surface area contributed by atoms with Crippen molar-refractivity contribution in [3.63, 3.8) is 0 Å². The van der Waals surface area contributed by atoms with Gasteiger partial charge in [-0.1, -0.05) is 0 Å². The van der Waals surface area contributed by atoms with Crippen LogP contribution < -0.4 is 4.72 Å². The molecule has 0 radical (unpaired) electrons. The second kappa shape index (κ2) is 5.08. The number of anilines is 1. The Kier molecular flexibility index (Phi) is 3.62. The fourth-order valence-corrected chi connectivity index (χ4v) is 2.37. The molecule has 0 aliphatic heterocycles. The van der Waals surface area contributed by atoms with Crippen molar-refractivity contribution in [3.05, 3.63) is 53.7 Å². The van der Waals surface area contributed by atoms with Gasteiger partial charge in [0.15, 0.2) is 29.1 Å². The highest BCUT2D eigenvalue weighted by Gasteiger charge is 2.21. The van der Waals surface area contributed by atoms with Crippen molar-refractivity contribution >= 4 is 15.8 Å². The van der Waals surface area contributed by atoms with Crippen LogP contribution in [0.4, 0.5) is 23.4 Å². The second-order valence-electron chi connectivity index (χ2n) is 3.64. The van der Waals surface area contributed by atoms with Crippen LogP contribution in [0.2, 0.25) is 0 Å². The predicted octanol–water partition coefficient (Wildman–Crippen LogP) is 2.44. The molecule has 20 heavy (non-hydrogen) atoms. The van der Waals surface area contributed by atoms with Gasteiger partial charge in [-0.25, -0.2) is 31.0 Å². The molecule has 1 heterocycles. The summed E-state index contributed by atoms with van der Waals surface area (Å²) in [6.45, 7) is 0. The minimum atomic E-state index is -4.50. The third-order valence-corrected chi connectivity index (χ3v) is 3.58. The molecule has 1 N–H and O–H groups in total. The van der Waals surface area contributed by atoms with Crippen molar-refractivity contribution in [2.45, 2.75) is 4.90 Å². The van der Waals surface area contributed by atoms with Crippen LogP contribution in [0.1, 0.15) is 0 Å². The molecule has 0 saturated carbocycles. The zero-order valence-electron chi connectivity index (χ0n) is 9.57. The molecule has 2 rings (SSSR count). The van der Waals surface area contributed by atoms with Gasteiger partial charge in [-0.3, -0.25) is 4.72 Å². The van der Waals surface area contributed by atoms with E-state index in [2.05, 4.69) is 4.98 Å². The largest absolute Gasteiger partial charge is 0.263 e. The number of hydrogen-bond donors (Lipinski definition) is 1. The van der Waals surface area contributed by atoms with E-state index < -0.39 is 44.0 Å². The summed E-state index contributed by atoms with van der Waals surface area (Å²) in [5.74, 6) is -6.76. The fraction of sp³-hybridized carbons (Fsp3) is 0. The normalized spacial score (nSPS) is 11.4. The monoisotopic (exact) mass is 306 g/mol. The average molecular weight is 306 g/mol. The lowest BCUT2D eigenvalue weighted by Crippen LogP contribution is -2.16. The predicted molar refractivity (Wildman–Crippen MR) is 61.3 cm³/mol. The molecule has 0 atom stereocenters.